The first-order chi connectivity index (χ1) is 14.0. The van der Waals surface area contributed by atoms with Gasteiger partial charge >= 0.3 is 0 Å². The van der Waals surface area contributed by atoms with E-state index in [2.05, 4.69) is 12.2 Å². The van der Waals surface area contributed by atoms with E-state index in [0.29, 0.717) is 18.7 Å². The largest absolute Gasteiger partial charge is 0.461 e. The van der Waals surface area contributed by atoms with E-state index in [0.717, 1.165) is 41.2 Å². The molecule has 0 bridgehead atoms. The fraction of sp³-hybridized carbons (Fsp3) is 0.250. The van der Waals surface area contributed by atoms with E-state index in [1.807, 2.05) is 59.5 Å². The van der Waals surface area contributed by atoms with Crippen molar-refractivity contribution >= 4 is 17.5 Å². The maximum atomic E-state index is 12.4. The first-order valence-electron chi connectivity index (χ1n) is 9.91. The van der Waals surface area contributed by atoms with Gasteiger partial charge in [-0.2, -0.15) is 0 Å². The minimum atomic E-state index is -0.127. The van der Waals surface area contributed by atoms with Gasteiger partial charge in [0.25, 0.3) is 5.91 Å². The molecule has 2 aromatic carbocycles. The molecule has 0 atom stereocenters. The van der Waals surface area contributed by atoms with Gasteiger partial charge in [-0.3, -0.25) is 9.59 Å². The molecule has 0 saturated heterocycles. The second kappa shape index (κ2) is 7.95. The van der Waals surface area contributed by atoms with Crippen LogP contribution in [0.3, 0.4) is 0 Å². The highest BCUT2D eigenvalue weighted by molar-refractivity contribution is 6.04. The quantitative estimate of drug-likeness (QED) is 0.707. The van der Waals surface area contributed by atoms with E-state index in [4.69, 9.17) is 4.42 Å². The van der Waals surface area contributed by atoms with Crippen molar-refractivity contribution in [3.63, 3.8) is 0 Å². The van der Waals surface area contributed by atoms with Crippen LogP contribution < -0.4 is 5.32 Å². The van der Waals surface area contributed by atoms with Crippen LogP contribution in [0.15, 0.2) is 59.0 Å². The molecule has 2 heterocycles. The van der Waals surface area contributed by atoms with Gasteiger partial charge in [0, 0.05) is 48.8 Å². The second-order valence-electron chi connectivity index (χ2n) is 7.33. The minimum absolute atomic E-state index is 0.0860. The van der Waals surface area contributed by atoms with Crippen LogP contribution in [0.25, 0.3) is 11.3 Å². The molecule has 0 unspecified atom stereocenters. The highest BCUT2D eigenvalue weighted by Crippen LogP contribution is 2.30. The molecular formula is C24H24N2O3. The lowest BCUT2D eigenvalue weighted by molar-refractivity contribution is -0.129. The normalized spacial score (nSPS) is 13.1. The number of fused-ring (bicyclic) bond motifs is 1. The number of anilines is 1. The Bertz CT molecular complexity index is 1030. The molecule has 4 rings (SSSR count). The number of nitrogens with one attached hydrogen (secondary N) is 1. The predicted octanol–water partition coefficient (Wildman–Crippen LogP) is 4.67. The fourth-order valence-corrected chi connectivity index (χ4v) is 3.56. The van der Waals surface area contributed by atoms with Crippen LogP contribution in [-0.4, -0.2) is 23.3 Å². The molecular weight excluding hydrogens is 364 g/mol. The number of hydrogen-bond acceptors (Lipinski definition) is 3. The number of furan rings is 1. The minimum Gasteiger partial charge on any atom is -0.461 e. The van der Waals surface area contributed by atoms with Crippen molar-refractivity contribution < 1.29 is 14.0 Å². The first-order valence-corrected chi connectivity index (χ1v) is 9.91. The smallest absolute Gasteiger partial charge is 0.255 e. The lowest BCUT2D eigenvalue weighted by Crippen LogP contribution is -2.33. The maximum Gasteiger partial charge on any atom is 0.255 e. The maximum absolute atomic E-state index is 12.4. The summed E-state index contributed by atoms with van der Waals surface area (Å²) in [5, 5.41) is 2.93. The Balaban J connectivity index is 1.45. The predicted molar refractivity (Wildman–Crippen MR) is 113 cm³/mol. The molecule has 0 spiro atoms. The van der Waals surface area contributed by atoms with Gasteiger partial charge in [-0.15, -0.1) is 0 Å². The van der Waals surface area contributed by atoms with Crippen LogP contribution in [0.4, 0.5) is 5.69 Å². The molecule has 3 aromatic rings. The Morgan fingerprint density at radius 3 is 2.45 bits per heavy atom. The molecule has 2 amide bonds. The van der Waals surface area contributed by atoms with Gasteiger partial charge in [0.05, 0.1) is 0 Å². The topological polar surface area (TPSA) is 62.6 Å². The molecule has 1 N–H and O–H groups in total. The molecule has 5 heteroatoms. The number of amides is 2. The molecule has 1 aliphatic rings. The summed E-state index contributed by atoms with van der Waals surface area (Å²) >= 11 is 0. The van der Waals surface area contributed by atoms with E-state index in [9.17, 15) is 9.59 Å². The van der Waals surface area contributed by atoms with Gasteiger partial charge in [-0.25, -0.2) is 0 Å². The second-order valence-corrected chi connectivity index (χ2v) is 7.33. The Labute approximate surface area is 170 Å². The van der Waals surface area contributed by atoms with Gasteiger partial charge in [0.1, 0.15) is 11.5 Å². The van der Waals surface area contributed by atoms with Crippen molar-refractivity contribution in [3.8, 4) is 11.3 Å². The van der Waals surface area contributed by atoms with Crippen molar-refractivity contribution in [2.24, 2.45) is 0 Å². The monoisotopic (exact) mass is 388 g/mol. The number of benzene rings is 2. The molecule has 29 heavy (non-hydrogen) atoms. The zero-order chi connectivity index (χ0) is 20.4. The number of hydrogen-bond donors (Lipinski definition) is 1. The Kier molecular flexibility index (Phi) is 5.21. The van der Waals surface area contributed by atoms with E-state index >= 15 is 0 Å². The Hall–Kier alpha value is -3.34. The lowest BCUT2D eigenvalue weighted by Gasteiger charge is -2.24. The van der Waals surface area contributed by atoms with Crippen LogP contribution >= 0.6 is 0 Å². The summed E-state index contributed by atoms with van der Waals surface area (Å²) in [6.45, 7) is 4.97. The highest BCUT2D eigenvalue weighted by Gasteiger charge is 2.22. The number of aryl methyl sites for hydroxylation is 1. The van der Waals surface area contributed by atoms with Crippen LogP contribution in [0, 0.1) is 0 Å². The summed E-state index contributed by atoms with van der Waals surface area (Å²) in [6.07, 6.45) is 1.69. The SMILES string of the molecule is CCc1ccc(C(=O)Nc2ccc(-c3cc4c(o3)CCN(C(C)=O)C4)cc2)cc1. The van der Waals surface area contributed by atoms with E-state index < -0.39 is 0 Å². The zero-order valence-corrected chi connectivity index (χ0v) is 16.7. The number of carbonyl (C=O) groups excluding carboxylic acids is 2. The average Bonchev–Trinajstić information content (AvgIpc) is 3.17. The number of carbonyl (C=O) groups is 2. The lowest BCUT2D eigenvalue weighted by atomic mass is 10.1. The number of rotatable bonds is 4. The van der Waals surface area contributed by atoms with Gasteiger partial charge in [0.15, 0.2) is 0 Å². The van der Waals surface area contributed by atoms with Crippen molar-refractivity contribution in [3.05, 3.63) is 77.0 Å². The summed E-state index contributed by atoms with van der Waals surface area (Å²) in [6, 6.07) is 17.3. The van der Waals surface area contributed by atoms with Gasteiger partial charge < -0.3 is 14.6 Å². The molecule has 5 nitrogen and oxygen atoms in total. The van der Waals surface area contributed by atoms with Crippen molar-refractivity contribution in [2.45, 2.75) is 33.2 Å². The average molecular weight is 388 g/mol. The third kappa shape index (κ3) is 4.09. The first kappa shape index (κ1) is 19.0. The summed E-state index contributed by atoms with van der Waals surface area (Å²) < 4.78 is 6.01. The summed E-state index contributed by atoms with van der Waals surface area (Å²) in [5.41, 5.74) is 4.59. The van der Waals surface area contributed by atoms with Crippen LogP contribution in [-0.2, 0) is 24.2 Å². The van der Waals surface area contributed by atoms with E-state index in [-0.39, 0.29) is 11.8 Å². The summed E-state index contributed by atoms with van der Waals surface area (Å²) in [7, 11) is 0. The van der Waals surface area contributed by atoms with Crippen molar-refractivity contribution in [1.82, 2.24) is 4.90 Å². The molecule has 0 radical (unpaired) electrons. The van der Waals surface area contributed by atoms with Gasteiger partial charge in [-0.05, 0) is 54.4 Å². The van der Waals surface area contributed by atoms with E-state index in [1.165, 1.54) is 5.56 Å². The third-order valence-corrected chi connectivity index (χ3v) is 5.36. The number of nitrogens with zero attached hydrogens (tertiary/aromatic N) is 1. The summed E-state index contributed by atoms with van der Waals surface area (Å²) in [4.78, 5) is 25.9. The van der Waals surface area contributed by atoms with Crippen LogP contribution in [0.2, 0.25) is 0 Å². The Morgan fingerprint density at radius 1 is 1.07 bits per heavy atom. The third-order valence-electron chi connectivity index (χ3n) is 5.36. The fourth-order valence-electron chi connectivity index (χ4n) is 3.56. The molecule has 0 fully saturated rings. The van der Waals surface area contributed by atoms with E-state index in [1.54, 1.807) is 6.92 Å². The molecule has 0 aliphatic carbocycles. The molecule has 0 saturated carbocycles. The molecule has 1 aliphatic heterocycles. The van der Waals surface area contributed by atoms with Crippen LogP contribution in [0.1, 0.15) is 41.1 Å². The van der Waals surface area contributed by atoms with Gasteiger partial charge in [-0.1, -0.05) is 19.1 Å². The molecule has 148 valence electrons. The van der Waals surface area contributed by atoms with Crippen LogP contribution in [0.5, 0.6) is 0 Å². The van der Waals surface area contributed by atoms with Crippen molar-refractivity contribution in [2.75, 3.05) is 11.9 Å². The van der Waals surface area contributed by atoms with Crippen molar-refractivity contribution in [1.29, 1.82) is 0 Å². The molecule has 1 aromatic heterocycles. The standard InChI is InChI=1S/C24H24N2O3/c1-3-17-4-6-19(7-5-17)24(28)25-21-10-8-18(9-11-21)23-14-20-15-26(16(2)27)13-12-22(20)29-23/h4-11,14H,3,12-13,15H2,1-2H3,(H,25,28). The highest BCUT2D eigenvalue weighted by atomic mass is 16.3. The van der Waals surface area contributed by atoms with Gasteiger partial charge in [0.2, 0.25) is 5.91 Å². The Morgan fingerprint density at radius 2 is 1.79 bits per heavy atom. The zero-order valence-electron chi connectivity index (χ0n) is 16.7. The summed E-state index contributed by atoms with van der Waals surface area (Å²) in [5.74, 6) is 1.69.